The molecule has 198 valence electrons. The minimum Gasteiger partial charge on any atom is -0.348 e. The molecule has 38 heavy (non-hydrogen) atoms. The fraction of sp³-hybridized carbons (Fsp3) is 0.306. The zero-order valence-corrected chi connectivity index (χ0v) is 23.3. The average molecular weight is 506 g/mol. The van der Waals surface area contributed by atoms with Crippen LogP contribution in [-0.4, -0.2) is 24.9 Å². The third-order valence-electron chi connectivity index (χ3n) is 6.90. The van der Waals surface area contributed by atoms with Crippen molar-refractivity contribution >= 4 is 5.91 Å². The summed E-state index contributed by atoms with van der Waals surface area (Å²) in [4.78, 5) is 14.0. The van der Waals surface area contributed by atoms with E-state index >= 15 is 0 Å². The Bertz CT molecular complexity index is 1080. The first-order chi connectivity index (χ1) is 18.6. The summed E-state index contributed by atoms with van der Waals surface area (Å²) >= 11 is 0. The lowest BCUT2D eigenvalue weighted by atomic mass is 9.88. The minimum absolute atomic E-state index is 0.104. The standard InChI is InChI=1S/C20H26.C16H17NO/c1-2-3-6-15-20(16-18-11-7-4-8-12-18)17-19-13-9-5-10-14-19;1-17(2)16(18)15(13-9-5-3-6-10-13)14-11-7-4-8-12-14/h4-5,7-14,20H,2-3,6,15-17H2,1H3;3-12,15H,1-2H3. The van der Waals surface area contributed by atoms with Crippen molar-refractivity contribution in [3.63, 3.8) is 0 Å². The smallest absolute Gasteiger partial charge is 0.234 e. The fourth-order valence-electron chi connectivity index (χ4n) is 4.88. The number of hydrogen-bond donors (Lipinski definition) is 0. The van der Waals surface area contributed by atoms with E-state index in [1.54, 1.807) is 19.0 Å². The lowest BCUT2D eigenvalue weighted by Crippen LogP contribution is -2.28. The zero-order chi connectivity index (χ0) is 27.0. The Morgan fingerprint density at radius 1 is 0.605 bits per heavy atom. The van der Waals surface area contributed by atoms with Gasteiger partial charge in [0.15, 0.2) is 0 Å². The molecule has 4 aromatic rings. The summed E-state index contributed by atoms with van der Waals surface area (Å²) in [5.74, 6) is 0.654. The highest BCUT2D eigenvalue weighted by molar-refractivity contribution is 5.86. The van der Waals surface area contributed by atoms with Gasteiger partial charge in [-0.1, -0.05) is 148 Å². The van der Waals surface area contributed by atoms with Crippen LogP contribution in [0.5, 0.6) is 0 Å². The van der Waals surface area contributed by atoms with Crippen molar-refractivity contribution in [3.05, 3.63) is 144 Å². The molecule has 4 rings (SSSR count). The van der Waals surface area contributed by atoms with Crippen molar-refractivity contribution in [3.8, 4) is 0 Å². The molecular weight excluding hydrogens is 462 g/mol. The largest absolute Gasteiger partial charge is 0.348 e. The Morgan fingerprint density at radius 2 is 1.00 bits per heavy atom. The number of nitrogens with zero attached hydrogens (tertiary/aromatic N) is 1. The predicted molar refractivity (Wildman–Crippen MR) is 161 cm³/mol. The minimum atomic E-state index is -0.220. The van der Waals surface area contributed by atoms with Crippen LogP contribution in [0.4, 0.5) is 0 Å². The molecule has 1 amide bonds. The molecule has 0 aliphatic carbocycles. The van der Waals surface area contributed by atoms with E-state index in [4.69, 9.17) is 0 Å². The van der Waals surface area contributed by atoms with Crippen molar-refractivity contribution in [2.24, 2.45) is 5.92 Å². The van der Waals surface area contributed by atoms with Crippen molar-refractivity contribution in [1.82, 2.24) is 4.90 Å². The quantitative estimate of drug-likeness (QED) is 0.187. The predicted octanol–water partition coefficient (Wildman–Crippen LogP) is 8.58. The zero-order valence-electron chi connectivity index (χ0n) is 23.3. The van der Waals surface area contributed by atoms with Gasteiger partial charge in [-0.15, -0.1) is 0 Å². The molecule has 4 aromatic carbocycles. The van der Waals surface area contributed by atoms with Crippen molar-refractivity contribution in [2.75, 3.05) is 14.1 Å². The molecule has 0 spiro atoms. The average Bonchev–Trinajstić information content (AvgIpc) is 2.96. The van der Waals surface area contributed by atoms with Crippen LogP contribution in [0.15, 0.2) is 121 Å². The van der Waals surface area contributed by atoms with Gasteiger partial charge in [-0.2, -0.15) is 0 Å². The number of rotatable bonds is 11. The van der Waals surface area contributed by atoms with Crippen molar-refractivity contribution in [1.29, 1.82) is 0 Å². The second-order valence-electron chi connectivity index (χ2n) is 10.2. The Kier molecular flexibility index (Phi) is 12.4. The Labute approximate surface area is 230 Å². The third kappa shape index (κ3) is 9.67. The molecule has 0 fully saturated rings. The van der Waals surface area contributed by atoms with Crippen molar-refractivity contribution in [2.45, 2.75) is 51.4 Å². The summed E-state index contributed by atoms with van der Waals surface area (Å²) in [6.45, 7) is 2.28. The van der Waals surface area contributed by atoms with Gasteiger partial charge in [0.25, 0.3) is 0 Å². The van der Waals surface area contributed by atoms with E-state index in [9.17, 15) is 4.79 Å². The molecule has 0 N–H and O–H groups in total. The maximum Gasteiger partial charge on any atom is 0.234 e. The molecule has 0 aromatic heterocycles. The number of unbranched alkanes of at least 4 members (excludes halogenated alkanes) is 2. The third-order valence-corrected chi connectivity index (χ3v) is 6.90. The van der Waals surface area contributed by atoms with Crippen LogP contribution in [0.2, 0.25) is 0 Å². The Balaban J connectivity index is 0.000000212. The second-order valence-corrected chi connectivity index (χ2v) is 10.2. The van der Waals surface area contributed by atoms with Crippen LogP contribution < -0.4 is 0 Å². The molecule has 2 nitrogen and oxygen atoms in total. The summed E-state index contributed by atoms with van der Waals surface area (Å²) in [7, 11) is 3.59. The first-order valence-electron chi connectivity index (χ1n) is 14.0. The van der Waals surface area contributed by atoms with Gasteiger partial charge in [0.2, 0.25) is 5.91 Å². The second kappa shape index (κ2) is 16.2. The SMILES string of the molecule is CCCCCC(Cc1ccccc1)Cc1ccccc1.CN(C)C(=O)C(c1ccccc1)c1ccccc1. The van der Waals surface area contributed by atoms with E-state index in [0.717, 1.165) is 17.0 Å². The summed E-state index contributed by atoms with van der Waals surface area (Å²) in [5, 5.41) is 0. The van der Waals surface area contributed by atoms with Crippen LogP contribution in [0.3, 0.4) is 0 Å². The number of likely N-dealkylation sites (N-methyl/N-ethyl adjacent to an activating group) is 1. The lowest BCUT2D eigenvalue weighted by molar-refractivity contribution is -0.129. The fourth-order valence-corrected chi connectivity index (χ4v) is 4.88. The molecule has 0 saturated carbocycles. The van der Waals surface area contributed by atoms with Crippen LogP contribution >= 0.6 is 0 Å². The van der Waals surface area contributed by atoms with E-state index in [-0.39, 0.29) is 11.8 Å². The molecule has 0 saturated heterocycles. The molecule has 0 aliphatic heterocycles. The first kappa shape index (κ1) is 28.9. The van der Waals surface area contributed by atoms with Gasteiger partial charge in [0, 0.05) is 14.1 Å². The van der Waals surface area contributed by atoms with Crippen LogP contribution in [0, 0.1) is 5.92 Å². The highest BCUT2D eigenvalue weighted by atomic mass is 16.2. The molecule has 0 bridgehead atoms. The monoisotopic (exact) mass is 505 g/mol. The van der Waals surface area contributed by atoms with E-state index in [1.807, 2.05) is 60.7 Å². The highest BCUT2D eigenvalue weighted by Gasteiger charge is 2.23. The summed E-state index contributed by atoms with van der Waals surface area (Å²) < 4.78 is 0. The van der Waals surface area contributed by atoms with Gasteiger partial charge in [-0.25, -0.2) is 0 Å². The van der Waals surface area contributed by atoms with E-state index in [1.165, 1.54) is 49.7 Å². The van der Waals surface area contributed by atoms with Crippen LogP contribution in [-0.2, 0) is 17.6 Å². The molecule has 0 atom stereocenters. The molecular formula is C36H43NO. The molecule has 0 heterocycles. The van der Waals surface area contributed by atoms with Gasteiger partial charge < -0.3 is 4.90 Å². The Hall–Kier alpha value is -3.65. The molecule has 0 aliphatic rings. The maximum atomic E-state index is 12.4. The van der Waals surface area contributed by atoms with Gasteiger partial charge in [0.05, 0.1) is 5.92 Å². The number of hydrogen-bond acceptors (Lipinski definition) is 1. The number of carbonyl (C=O) groups is 1. The van der Waals surface area contributed by atoms with E-state index < -0.39 is 0 Å². The molecule has 0 radical (unpaired) electrons. The topological polar surface area (TPSA) is 20.3 Å². The van der Waals surface area contributed by atoms with Crippen LogP contribution in [0.1, 0.15) is 60.8 Å². The van der Waals surface area contributed by atoms with E-state index in [0.29, 0.717) is 0 Å². The summed E-state index contributed by atoms with van der Waals surface area (Å²) in [6, 6.07) is 41.7. The molecule has 0 unspecified atom stereocenters. The number of carbonyl (C=O) groups excluding carboxylic acids is 1. The lowest BCUT2D eigenvalue weighted by Gasteiger charge is -2.21. The highest BCUT2D eigenvalue weighted by Crippen LogP contribution is 2.26. The first-order valence-corrected chi connectivity index (χ1v) is 14.0. The van der Waals surface area contributed by atoms with Crippen molar-refractivity contribution < 1.29 is 4.79 Å². The number of benzene rings is 4. The van der Waals surface area contributed by atoms with E-state index in [2.05, 4.69) is 67.6 Å². The van der Waals surface area contributed by atoms with Gasteiger partial charge in [0.1, 0.15) is 0 Å². The van der Waals surface area contributed by atoms with Gasteiger partial charge in [-0.05, 0) is 47.4 Å². The van der Waals surface area contributed by atoms with Gasteiger partial charge in [-0.3, -0.25) is 4.79 Å². The van der Waals surface area contributed by atoms with Crippen LogP contribution in [0.25, 0.3) is 0 Å². The summed E-state index contributed by atoms with van der Waals surface area (Å²) in [6.07, 6.45) is 7.79. The normalized spacial score (nSPS) is 10.7. The number of amides is 1. The van der Waals surface area contributed by atoms with Gasteiger partial charge >= 0.3 is 0 Å². The Morgan fingerprint density at radius 3 is 1.37 bits per heavy atom. The summed E-state index contributed by atoms with van der Waals surface area (Å²) in [5.41, 5.74) is 5.01. The maximum absolute atomic E-state index is 12.4. The molecule has 2 heteroatoms.